The van der Waals surface area contributed by atoms with Crippen LogP contribution in [0.25, 0.3) is 16.9 Å². The van der Waals surface area contributed by atoms with Gasteiger partial charge in [-0.25, -0.2) is 9.97 Å². The number of hydrogen-bond donors (Lipinski definition) is 0. The Hall–Kier alpha value is -2.52. The van der Waals surface area contributed by atoms with Crippen molar-refractivity contribution >= 4 is 28.8 Å². The van der Waals surface area contributed by atoms with E-state index in [-0.39, 0.29) is 5.91 Å². The molecule has 1 fully saturated rings. The lowest BCUT2D eigenvalue weighted by atomic mass is 10.2. The molecule has 0 atom stereocenters. The predicted molar refractivity (Wildman–Crippen MR) is 97.3 cm³/mol. The molecule has 0 N–H and O–H groups in total. The van der Waals surface area contributed by atoms with Crippen molar-refractivity contribution < 1.29 is 9.53 Å². The zero-order valence-corrected chi connectivity index (χ0v) is 15.1. The van der Waals surface area contributed by atoms with Crippen LogP contribution in [0.1, 0.15) is 5.56 Å². The summed E-state index contributed by atoms with van der Waals surface area (Å²) >= 11 is 1.36. The second-order valence-electron chi connectivity index (χ2n) is 5.97. The van der Waals surface area contributed by atoms with Gasteiger partial charge < -0.3 is 9.64 Å². The second kappa shape index (κ2) is 7.38. The second-order valence-corrected chi connectivity index (χ2v) is 6.93. The number of fused-ring (bicyclic) bond motifs is 1. The van der Waals surface area contributed by atoms with Crippen molar-refractivity contribution in [1.82, 2.24) is 29.9 Å². The van der Waals surface area contributed by atoms with Crippen LogP contribution in [0.3, 0.4) is 0 Å². The summed E-state index contributed by atoms with van der Waals surface area (Å²) in [4.78, 5) is 22.8. The van der Waals surface area contributed by atoms with Crippen molar-refractivity contribution in [2.24, 2.45) is 0 Å². The number of benzene rings is 1. The molecular weight excluding hydrogens is 352 g/mol. The number of carbonyl (C=O) groups is 1. The third-order valence-corrected chi connectivity index (χ3v) is 5.14. The van der Waals surface area contributed by atoms with Crippen LogP contribution >= 0.6 is 11.8 Å². The molecule has 1 saturated heterocycles. The number of morpholine rings is 1. The zero-order chi connectivity index (χ0) is 17.9. The molecule has 4 rings (SSSR count). The first-order valence-electron chi connectivity index (χ1n) is 8.34. The highest BCUT2D eigenvalue weighted by Gasteiger charge is 2.19. The molecule has 0 unspecified atom stereocenters. The number of thioether (sulfide) groups is 1. The molecule has 1 amide bonds. The monoisotopic (exact) mass is 370 g/mol. The molecule has 1 aliphatic rings. The first-order valence-corrected chi connectivity index (χ1v) is 9.33. The number of nitrogens with zero attached hydrogens (tertiary/aromatic N) is 6. The fourth-order valence-corrected chi connectivity index (χ4v) is 3.56. The highest BCUT2D eigenvalue weighted by atomic mass is 32.2. The van der Waals surface area contributed by atoms with Crippen molar-refractivity contribution in [3.63, 3.8) is 0 Å². The van der Waals surface area contributed by atoms with Crippen molar-refractivity contribution in [3.05, 3.63) is 36.2 Å². The molecule has 0 saturated carbocycles. The van der Waals surface area contributed by atoms with Crippen LogP contribution in [-0.4, -0.2) is 67.8 Å². The summed E-state index contributed by atoms with van der Waals surface area (Å²) < 4.78 is 6.96. The summed E-state index contributed by atoms with van der Waals surface area (Å²) in [5, 5.41) is 9.10. The van der Waals surface area contributed by atoms with Crippen LogP contribution in [-0.2, 0) is 9.53 Å². The Kier molecular flexibility index (Phi) is 4.81. The van der Waals surface area contributed by atoms with Gasteiger partial charge >= 0.3 is 0 Å². The molecular formula is C17H18N6O2S. The van der Waals surface area contributed by atoms with Crippen LogP contribution in [0.4, 0.5) is 0 Å². The fraction of sp³-hybridized carbons (Fsp3) is 0.353. The Morgan fingerprint density at radius 1 is 1.19 bits per heavy atom. The number of carbonyl (C=O) groups excluding carboxylic acids is 1. The largest absolute Gasteiger partial charge is 0.378 e. The highest BCUT2D eigenvalue weighted by Crippen LogP contribution is 2.24. The highest BCUT2D eigenvalue weighted by molar-refractivity contribution is 8.00. The van der Waals surface area contributed by atoms with E-state index in [1.165, 1.54) is 23.7 Å². The van der Waals surface area contributed by atoms with E-state index in [1.54, 1.807) is 4.68 Å². The van der Waals surface area contributed by atoms with Crippen molar-refractivity contribution in [2.45, 2.75) is 11.9 Å². The number of aromatic nitrogens is 5. The zero-order valence-electron chi connectivity index (χ0n) is 14.3. The van der Waals surface area contributed by atoms with Gasteiger partial charge in [0.1, 0.15) is 11.4 Å². The van der Waals surface area contributed by atoms with Crippen molar-refractivity contribution in [1.29, 1.82) is 0 Å². The maximum atomic E-state index is 12.3. The van der Waals surface area contributed by atoms with Gasteiger partial charge in [-0.2, -0.15) is 4.68 Å². The standard InChI is InChI=1S/C17H18N6O2S/c1-12-2-4-13(5-3-12)23-16-15(20-21-23)17(19-11-18-16)26-10-14(24)22-6-8-25-9-7-22/h2-5,11H,6-10H2,1H3. The average Bonchev–Trinajstić information content (AvgIpc) is 3.12. The molecule has 0 radical (unpaired) electrons. The summed E-state index contributed by atoms with van der Waals surface area (Å²) in [5.74, 6) is 0.389. The van der Waals surface area contributed by atoms with E-state index >= 15 is 0 Å². The lowest BCUT2D eigenvalue weighted by Crippen LogP contribution is -2.41. The quantitative estimate of drug-likeness (QED) is 0.508. The van der Waals surface area contributed by atoms with E-state index in [9.17, 15) is 4.79 Å². The van der Waals surface area contributed by atoms with E-state index in [2.05, 4.69) is 20.3 Å². The van der Waals surface area contributed by atoms with Gasteiger partial charge in [-0.05, 0) is 19.1 Å². The van der Waals surface area contributed by atoms with Crippen molar-refractivity contribution in [3.8, 4) is 5.69 Å². The topological polar surface area (TPSA) is 86.0 Å². The number of amides is 1. The summed E-state index contributed by atoms with van der Waals surface area (Å²) in [6.07, 6.45) is 1.48. The predicted octanol–water partition coefficient (Wildman–Crippen LogP) is 1.47. The molecule has 1 aliphatic heterocycles. The Morgan fingerprint density at radius 2 is 1.96 bits per heavy atom. The normalized spacial score (nSPS) is 14.7. The first-order chi connectivity index (χ1) is 12.7. The van der Waals surface area contributed by atoms with Gasteiger partial charge in [0.15, 0.2) is 11.2 Å². The SMILES string of the molecule is Cc1ccc(-n2nnc3c(SCC(=O)N4CCOCC4)ncnc32)cc1. The molecule has 1 aromatic carbocycles. The third kappa shape index (κ3) is 3.40. The molecule has 0 bridgehead atoms. The maximum Gasteiger partial charge on any atom is 0.233 e. The Bertz CT molecular complexity index is 921. The Balaban J connectivity index is 1.55. The van der Waals surface area contributed by atoms with Crippen LogP contribution in [0, 0.1) is 6.92 Å². The summed E-state index contributed by atoms with van der Waals surface area (Å²) in [6, 6.07) is 7.97. The summed E-state index contributed by atoms with van der Waals surface area (Å²) in [5.41, 5.74) is 3.29. The van der Waals surface area contributed by atoms with E-state index in [4.69, 9.17) is 4.74 Å². The molecule has 0 aliphatic carbocycles. The molecule has 9 heteroatoms. The van der Waals surface area contributed by atoms with Crippen LogP contribution < -0.4 is 0 Å². The number of aryl methyl sites for hydroxylation is 1. The van der Waals surface area contributed by atoms with Crippen LogP contribution in [0.2, 0.25) is 0 Å². The first kappa shape index (κ1) is 16.9. The Morgan fingerprint density at radius 3 is 2.73 bits per heavy atom. The number of rotatable bonds is 4. The van der Waals surface area contributed by atoms with Crippen LogP contribution in [0.15, 0.2) is 35.6 Å². The lowest BCUT2D eigenvalue weighted by molar-refractivity contribution is -0.132. The van der Waals surface area contributed by atoms with Gasteiger partial charge in [-0.15, -0.1) is 5.10 Å². The van der Waals surface area contributed by atoms with E-state index in [1.807, 2.05) is 36.1 Å². The van der Waals surface area contributed by atoms with Crippen molar-refractivity contribution in [2.75, 3.05) is 32.1 Å². The maximum absolute atomic E-state index is 12.3. The van der Waals surface area contributed by atoms with Crippen LogP contribution in [0.5, 0.6) is 0 Å². The summed E-state index contributed by atoms with van der Waals surface area (Å²) in [6.45, 7) is 4.51. The fourth-order valence-electron chi connectivity index (χ4n) is 2.73. The minimum Gasteiger partial charge on any atom is -0.378 e. The molecule has 3 aromatic rings. The van der Waals surface area contributed by atoms with Gasteiger partial charge in [0.2, 0.25) is 5.91 Å². The van der Waals surface area contributed by atoms with Gasteiger partial charge in [0.25, 0.3) is 0 Å². The molecule has 3 heterocycles. The molecule has 8 nitrogen and oxygen atoms in total. The average molecular weight is 370 g/mol. The smallest absolute Gasteiger partial charge is 0.233 e. The van der Waals surface area contributed by atoms with Gasteiger partial charge in [0.05, 0.1) is 24.7 Å². The van der Waals surface area contributed by atoms with E-state index < -0.39 is 0 Å². The van der Waals surface area contributed by atoms with Gasteiger partial charge in [-0.3, -0.25) is 4.79 Å². The third-order valence-electron chi connectivity index (χ3n) is 4.18. The molecule has 26 heavy (non-hydrogen) atoms. The minimum absolute atomic E-state index is 0.0796. The van der Waals surface area contributed by atoms with Gasteiger partial charge in [0, 0.05) is 13.1 Å². The number of hydrogen-bond acceptors (Lipinski definition) is 7. The van der Waals surface area contributed by atoms with Gasteiger partial charge in [-0.1, -0.05) is 34.7 Å². The lowest BCUT2D eigenvalue weighted by Gasteiger charge is -2.26. The number of ether oxygens (including phenoxy) is 1. The van der Waals surface area contributed by atoms with E-state index in [0.717, 1.165) is 5.69 Å². The molecule has 134 valence electrons. The molecule has 0 spiro atoms. The molecule has 2 aromatic heterocycles. The Labute approximate surface area is 154 Å². The summed E-state index contributed by atoms with van der Waals surface area (Å²) in [7, 11) is 0. The van der Waals surface area contributed by atoms with E-state index in [0.29, 0.717) is 48.2 Å². The minimum atomic E-state index is 0.0796.